The van der Waals surface area contributed by atoms with E-state index in [2.05, 4.69) is 30.4 Å². The predicted molar refractivity (Wildman–Crippen MR) is 119 cm³/mol. The smallest absolute Gasteiger partial charge is 0.124 e. The summed E-state index contributed by atoms with van der Waals surface area (Å²) in [6.45, 7) is 2.58. The van der Waals surface area contributed by atoms with Crippen LogP contribution in [-0.4, -0.2) is 17.2 Å². The van der Waals surface area contributed by atoms with Gasteiger partial charge in [0.2, 0.25) is 0 Å². The van der Waals surface area contributed by atoms with Crippen LogP contribution in [0.25, 0.3) is 22.2 Å². The fourth-order valence-corrected chi connectivity index (χ4v) is 3.64. The maximum atomic E-state index is 9.91. The van der Waals surface area contributed by atoms with E-state index in [1.807, 2.05) is 36.4 Å². The Morgan fingerprint density at radius 1 is 1.03 bits per heavy atom. The summed E-state index contributed by atoms with van der Waals surface area (Å²) in [5.74, 6) is 0.733. The average Bonchev–Trinajstić information content (AvgIpc) is 2.72. The molecule has 3 aromatic carbocycles. The van der Waals surface area contributed by atoms with Gasteiger partial charge in [0.05, 0.1) is 18.3 Å². The Balaban J connectivity index is 1.79. The number of ether oxygens (including phenoxy) is 1. The molecule has 0 saturated carbocycles. The lowest BCUT2D eigenvalue weighted by Crippen LogP contribution is -2.04. The molecule has 4 aromatic rings. The number of nitrogens with zero attached hydrogens (tertiary/aromatic N) is 1. The van der Waals surface area contributed by atoms with Crippen LogP contribution in [0.2, 0.25) is 5.02 Å². The maximum Gasteiger partial charge on any atom is 0.124 e. The Hall–Kier alpha value is -3.24. The Morgan fingerprint density at radius 3 is 2.66 bits per heavy atom. The van der Waals surface area contributed by atoms with Crippen molar-refractivity contribution in [3.63, 3.8) is 0 Å². The fraction of sp³-hybridized carbons (Fsp3) is 0.125. The molecule has 0 fully saturated rings. The number of benzene rings is 3. The number of rotatable bonds is 5. The number of aryl methyl sites for hydroxylation is 1. The molecule has 0 spiro atoms. The van der Waals surface area contributed by atoms with E-state index in [-0.39, 0.29) is 5.75 Å². The van der Waals surface area contributed by atoms with Crippen LogP contribution in [0.3, 0.4) is 0 Å². The molecule has 0 bridgehead atoms. The SMILES string of the molecule is COc1cc(O)cc(NCc2cc3cccc(C)c3nc2-c2ccccc2Cl)c1. The zero-order chi connectivity index (χ0) is 20.4. The Bertz CT molecular complexity index is 1190. The number of hydrogen-bond donors (Lipinski definition) is 2. The average molecular weight is 405 g/mol. The minimum atomic E-state index is 0.144. The standard InChI is InChI=1S/C24H21ClN2O2/c1-15-6-5-7-16-10-17(14-26-18-11-19(28)13-20(12-18)29-2)24(27-23(15)16)21-8-3-4-9-22(21)25/h3-13,26,28H,14H2,1-2H3. The molecule has 0 aliphatic heterocycles. The fourth-order valence-electron chi connectivity index (χ4n) is 3.41. The molecule has 0 saturated heterocycles. The van der Waals surface area contributed by atoms with Crippen LogP contribution >= 0.6 is 11.6 Å². The van der Waals surface area contributed by atoms with E-state index >= 15 is 0 Å². The van der Waals surface area contributed by atoms with Crippen LogP contribution < -0.4 is 10.1 Å². The first-order valence-corrected chi connectivity index (χ1v) is 9.69. The van der Waals surface area contributed by atoms with Gasteiger partial charge in [0.25, 0.3) is 0 Å². The molecule has 0 radical (unpaired) electrons. The van der Waals surface area contributed by atoms with Gasteiger partial charge in [-0.2, -0.15) is 0 Å². The number of fused-ring (bicyclic) bond motifs is 1. The summed E-state index contributed by atoms with van der Waals surface area (Å²) >= 11 is 6.49. The number of para-hydroxylation sites is 1. The van der Waals surface area contributed by atoms with Crippen LogP contribution in [0, 0.1) is 6.92 Å². The normalized spacial score (nSPS) is 10.9. The lowest BCUT2D eigenvalue weighted by molar-refractivity contribution is 0.408. The number of methoxy groups -OCH3 is 1. The summed E-state index contributed by atoms with van der Waals surface area (Å²) in [5.41, 5.74) is 5.59. The minimum Gasteiger partial charge on any atom is -0.508 e. The van der Waals surface area contributed by atoms with Gasteiger partial charge in [0.15, 0.2) is 0 Å². The first-order chi connectivity index (χ1) is 14.0. The first kappa shape index (κ1) is 19.1. The number of nitrogens with one attached hydrogen (secondary N) is 1. The van der Waals surface area contributed by atoms with Gasteiger partial charge in [-0.05, 0) is 30.2 Å². The largest absolute Gasteiger partial charge is 0.508 e. The molecule has 0 amide bonds. The van der Waals surface area contributed by atoms with E-state index in [9.17, 15) is 5.11 Å². The third kappa shape index (κ3) is 3.98. The number of hydrogen-bond acceptors (Lipinski definition) is 4. The summed E-state index contributed by atoms with van der Waals surface area (Å²) in [7, 11) is 1.57. The summed E-state index contributed by atoms with van der Waals surface area (Å²) in [6.07, 6.45) is 0. The van der Waals surface area contributed by atoms with Crippen molar-refractivity contribution >= 4 is 28.2 Å². The van der Waals surface area contributed by atoms with Crippen LogP contribution in [0.15, 0.2) is 66.7 Å². The van der Waals surface area contributed by atoms with Gasteiger partial charge >= 0.3 is 0 Å². The summed E-state index contributed by atoms with van der Waals surface area (Å²) in [5, 5.41) is 15.0. The number of phenols is 1. The number of phenolic OH excluding ortho intramolecular Hbond substituents is 1. The lowest BCUT2D eigenvalue weighted by atomic mass is 10.0. The summed E-state index contributed by atoms with van der Waals surface area (Å²) < 4.78 is 5.24. The second-order valence-electron chi connectivity index (χ2n) is 6.90. The highest BCUT2D eigenvalue weighted by Gasteiger charge is 2.13. The Kier molecular flexibility index (Phi) is 5.28. The van der Waals surface area contributed by atoms with Crippen LogP contribution in [0.5, 0.6) is 11.5 Å². The predicted octanol–water partition coefficient (Wildman–Crippen LogP) is 6.19. The molecule has 0 aliphatic rings. The number of aromatic hydroxyl groups is 1. The van der Waals surface area contributed by atoms with Gasteiger partial charge in [0.1, 0.15) is 11.5 Å². The first-order valence-electron chi connectivity index (χ1n) is 9.31. The molecule has 5 heteroatoms. The van der Waals surface area contributed by atoms with E-state index in [1.165, 1.54) is 0 Å². The molecule has 1 aromatic heterocycles. The highest BCUT2D eigenvalue weighted by molar-refractivity contribution is 6.33. The Morgan fingerprint density at radius 2 is 1.86 bits per heavy atom. The topological polar surface area (TPSA) is 54.4 Å². The zero-order valence-electron chi connectivity index (χ0n) is 16.2. The monoisotopic (exact) mass is 404 g/mol. The van der Waals surface area contributed by atoms with Crippen molar-refractivity contribution in [1.82, 2.24) is 4.98 Å². The third-order valence-electron chi connectivity index (χ3n) is 4.87. The minimum absolute atomic E-state index is 0.144. The number of aromatic nitrogens is 1. The zero-order valence-corrected chi connectivity index (χ0v) is 17.0. The molecule has 1 heterocycles. The van der Waals surface area contributed by atoms with Gasteiger partial charge in [0, 0.05) is 46.4 Å². The van der Waals surface area contributed by atoms with Crippen LogP contribution in [0.4, 0.5) is 5.69 Å². The second kappa shape index (κ2) is 8.02. The summed E-state index contributed by atoms with van der Waals surface area (Å²) in [4.78, 5) is 4.97. The Labute approximate surface area is 174 Å². The van der Waals surface area contributed by atoms with Crippen molar-refractivity contribution in [1.29, 1.82) is 0 Å². The van der Waals surface area contributed by atoms with Crippen molar-refractivity contribution in [3.8, 4) is 22.8 Å². The van der Waals surface area contributed by atoms with Crippen molar-refractivity contribution in [2.24, 2.45) is 0 Å². The number of anilines is 1. The van der Waals surface area contributed by atoms with Crippen molar-refractivity contribution < 1.29 is 9.84 Å². The molecule has 4 nitrogen and oxygen atoms in total. The van der Waals surface area contributed by atoms with Gasteiger partial charge in [-0.3, -0.25) is 0 Å². The lowest BCUT2D eigenvalue weighted by Gasteiger charge is -2.15. The number of pyridine rings is 1. The molecular weight excluding hydrogens is 384 g/mol. The summed E-state index contributed by atoms with van der Waals surface area (Å²) in [6, 6.07) is 21.1. The van der Waals surface area contributed by atoms with Crippen LogP contribution in [0.1, 0.15) is 11.1 Å². The van der Waals surface area contributed by atoms with Gasteiger partial charge in [-0.15, -0.1) is 0 Å². The highest BCUT2D eigenvalue weighted by atomic mass is 35.5. The maximum absolute atomic E-state index is 9.91. The van der Waals surface area contributed by atoms with E-state index in [1.54, 1.807) is 19.2 Å². The highest BCUT2D eigenvalue weighted by Crippen LogP contribution is 2.33. The van der Waals surface area contributed by atoms with Gasteiger partial charge in [-0.25, -0.2) is 4.98 Å². The van der Waals surface area contributed by atoms with E-state index in [0.717, 1.165) is 39.0 Å². The van der Waals surface area contributed by atoms with Gasteiger partial charge in [-0.1, -0.05) is 48.0 Å². The van der Waals surface area contributed by atoms with Gasteiger partial charge < -0.3 is 15.2 Å². The van der Waals surface area contributed by atoms with Crippen molar-refractivity contribution in [2.75, 3.05) is 12.4 Å². The molecule has 146 valence electrons. The quantitative estimate of drug-likeness (QED) is 0.416. The van der Waals surface area contributed by atoms with E-state index in [0.29, 0.717) is 17.3 Å². The third-order valence-corrected chi connectivity index (χ3v) is 5.19. The van der Waals surface area contributed by atoms with E-state index in [4.69, 9.17) is 21.3 Å². The molecule has 4 rings (SSSR count). The number of halogens is 1. The van der Waals surface area contributed by atoms with Crippen LogP contribution in [-0.2, 0) is 6.54 Å². The molecular formula is C24H21ClN2O2. The molecule has 0 unspecified atom stereocenters. The van der Waals surface area contributed by atoms with Crippen molar-refractivity contribution in [3.05, 3.63) is 82.9 Å². The molecule has 29 heavy (non-hydrogen) atoms. The molecule has 2 N–H and O–H groups in total. The molecule has 0 atom stereocenters. The van der Waals surface area contributed by atoms with Crippen molar-refractivity contribution in [2.45, 2.75) is 13.5 Å². The second-order valence-corrected chi connectivity index (χ2v) is 7.30. The molecule has 0 aliphatic carbocycles. The van der Waals surface area contributed by atoms with E-state index < -0.39 is 0 Å².